The number of methoxy groups -OCH3 is 3. The van der Waals surface area contributed by atoms with Crippen LogP contribution in [0.1, 0.15) is 87.7 Å². The molecule has 322 valence electrons. The van der Waals surface area contributed by atoms with E-state index in [1.807, 2.05) is 55.6 Å². The first-order valence-electron chi connectivity index (χ1n) is 20.8. The number of hydrogen-bond donors (Lipinski definition) is 3. The zero-order valence-corrected chi connectivity index (χ0v) is 36.3. The van der Waals surface area contributed by atoms with Crippen LogP contribution < -0.4 is 14.8 Å². The van der Waals surface area contributed by atoms with Crippen LogP contribution >= 0.6 is 0 Å². The summed E-state index contributed by atoms with van der Waals surface area (Å²) in [7, 11) is 6.56. The van der Waals surface area contributed by atoms with Crippen LogP contribution in [0.2, 0.25) is 0 Å². The van der Waals surface area contributed by atoms with Crippen LogP contribution in [-0.2, 0) is 48.5 Å². The predicted molar refractivity (Wildman–Crippen MR) is 232 cm³/mol. The van der Waals surface area contributed by atoms with E-state index in [9.17, 15) is 19.8 Å². The molecule has 12 heteroatoms. The molecule has 0 radical (unpaired) electrons. The van der Waals surface area contributed by atoms with Gasteiger partial charge < -0.3 is 39.4 Å². The van der Waals surface area contributed by atoms with Gasteiger partial charge in [0.1, 0.15) is 0 Å². The average Bonchev–Trinajstić information content (AvgIpc) is 3.91. The summed E-state index contributed by atoms with van der Waals surface area (Å²) >= 11 is 0. The van der Waals surface area contributed by atoms with Gasteiger partial charge in [-0.15, -0.1) is 0 Å². The van der Waals surface area contributed by atoms with Gasteiger partial charge in [0.15, 0.2) is 23.0 Å². The highest BCUT2D eigenvalue weighted by atomic mass is 16.5. The number of benzene rings is 4. The lowest BCUT2D eigenvalue weighted by atomic mass is 9.92. The summed E-state index contributed by atoms with van der Waals surface area (Å²) in [5.74, 6) is 1.01. The molecular weight excluding hydrogens is 761 g/mol. The summed E-state index contributed by atoms with van der Waals surface area (Å²) < 4.78 is 22.3. The first-order valence-corrected chi connectivity index (χ1v) is 20.8. The zero-order valence-electron chi connectivity index (χ0n) is 36.3. The smallest absolute Gasteiger partial charge is 0.254 e. The number of carbonyl (C=O) groups is 2. The summed E-state index contributed by atoms with van der Waals surface area (Å²) in [5, 5.41) is 23.2. The van der Waals surface area contributed by atoms with Crippen molar-refractivity contribution >= 4 is 11.8 Å². The number of likely N-dealkylation sites (N-methyl/N-ethyl adjacent to an activating group) is 1. The molecule has 1 unspecified atom stereocenters. The lowest BCUT2D eigenvalue weighted by molar-refractivity contribution is -0.0103. The number of fused-ring (bicyclic) bond motifs is 2. The van der Waals surface area contributed by atoms with Crippen molar-refractivity contribution in [2.24, 2.45) is 0 Å². The van der Waals surface area contributed by atoms with Gasteiger partial charge >= 0.3 is 0 Å². The Morgan fingerprint density at radius 3 is 1.92 bits per heavy atom. The van der Waals surface area contributed by atoms with Crippen LogP contribution in [-0.4, -0.2) is 109 Å². The van der Waals surface area contributed by atoms with Gasteiger partial charge in [0.05, 0.1) is 34.0 Å². The normalized spacial score (nSPS) is 15.0. The van der Waals surface area contributed by atoms with E-state index in [2.05, 4.69) is 48.0 Å². The lowest BCUT2D eigenvalue weighted by Crippen LogP contribution is -2.48. The number of nitrogens with zero attached hydrogens (tertiary/aromatic N) is 3. The molecule has 2 aliphatic heterocycles. The van der Waals surface area contributed by atoms with Gasteiger partial charge in [-0.25, -0.2) is 0 Å². The Hall–Kier alpha value is -5.14. The van der Waals surface area contributed by atoms with Crippen LogP contribution in [0.4, 0.5) is 0 Å². The molecule has 0 fully saturated rings. The summed E-state index contributed by atoms with van der Waals surface area (Å²) in [6.07, 6.45) is 3.18. The number of hydrogen-bond acceptors (Lipinski definition) is 10. The van der Waals surface area contributed by atoms with E-state index in [4.69, 9.17) is 18.9 Å². The third-order valence-electron chi connectivity index (χ3n) is 12.4. The van der Waals surface area contributed by atoms with Gasteiger partial charge in [-0.1, -0.05) is 36.4 Å². The van der Waals surface area contributed by atoms with E-state index in [1.165, 1.54) is 5.56 Å². The predicted octanol–water partition coefficient (Wildman–Crippen LogP) is 6.71. The fraction of sp³-hybridized carbons (Fsp3) is 0.458. The Balaban J connectivity index is 1.09. The van der Waals surface area contributed by atoms with Crippen LogP contribution in [0.5, 0.6) is 23.0 Å². The van der Waals surface area contributed by atoms with Crippen LogP contribution in [0, 0.1) is 0 Å². The minimum Gasteiger partial charge on any atom is -0.504 e. The van der Waals surface area contributed by atoms with E-state index in [0.717, 1.165) is 59.2 Å². The number of rotatable bonds is 20. The summed E-state index contributed by atoms with van der Waals surface area (Å²) in [6, 6.07) is 22.9. The Morgan fingerprint density at radius 1 is 0.733 bits per heavy atom. The van der Waals surface area contributed by atoms with E-state index in [0.29, 0.717) is 76.0 Å². The zero-order chi connectivity index (χ0) is 43.0. The molecule has 1 atom stereocenters. The second-order valence-corrected chi connectivity index (χ2v) is 16.9. The van der Waals surface area contributed by atoms with E-state index < -0.39 is 5.54 Å². The molecule has 12 nitrogen and oxygen atoms in total. The van der Waals surface area contributed by atoms with Gasteiger partial charge in [-0.3, -0.25) is 19.4 Å². The standard InChI is InChI=1S/C48H62N4O8/c1-47(2,20-18-33-14-16-41(53)43(26-33)58-6)51-28-35-11-9-13-38(40(35)30-51)46(56)50(4)23-25-60-32-48(3,21-19-34-15-17-42(54)44(27-34)59-7)52-29-36-10-8-12-37(39(36)31-52)45(55)49-22-24-57-5/h8-17,26-27,53-54H,18-25,28-32H2,1-7H3,(H,49,55). The van der Waals surface area contributed by atoms with Crippen LogP contribution in [0.15, 0.2) is 72.8 Å². The first-order chi connectivity index (χ1) is 28.8. The molecule has 4 aromatic rings. The highest BCUT2D eigenvalue weighted by Crippen LogP contribution is 2.37. The molecule has 60 heavy (non-hydrogen) atoms. The number of ether oxygens (including phenoxy) is 4. The van der Waals surface area contributed by atoms with Crippen molar-refractivity contribution in [3.05, 3.63) is 117 Å². The molecule has 0 aliphatic carbocycles. The van der Waals surface area contributed by atoms with Crippen LogP contribution in [0.3, 0.4) is 0 Å². The quantitative estimate of drug-likeness (QED) is 0.0827. The number of aromatic hydroxyl groups is 2. The van der Waals surface area contributed by atoms with Crippen molar-refractivity contribution in [3.8, 4) is 23.0 Å². The van der Waals surface area contributed by atoms with Gasteiger partial charge in [0.25, 0.3) is 11.8 Å². The number of phenols is 2. The Bertz CT molecular complexity index is 2140. The molecule has 2 heterocycles. The number of amides is 2. The molecule has 6 rings (SSSR count). The molecule has 3 N–H and O–H groups in total. The molecular formula is C48H62N4O8. The van der Waals surface area contributed by atoms with Crippen molar-refractivity contribution in [2.75, 3.05) is 61.3 Å². The molecule has 0 saturated heterocycles. The summed E-state index contributed by atoms with van der Waals surface area (Å²) in [4.78, 5) is 33.8. The largest absolute Gasteiger partial charge is 0.504 e. The highest BCUT2D eigenvalue weighted by Gasteiger charge is 2.38. The maximum absolute atomic E-state index is 14.0. The van der Waals surface area contributed by atoms with E-state index >= 15 is 0 Å². The van der Waals surface area contributed by atoms with Gasteiger partial charge in [0.2, 0.25) is 0 Å². The minimum atomic E-state index is -0.429. The lowest BCUT2D eigenvalue weighted by Gasteiger charge is -2.39. The maximum Gasteiger partial charge on any atom is 0.254 e. The Labute approximate surface area is 355 Å². The number of nitrogens with one attached hydrogen (secondary N) is 1. The molecule has 0 spiro atoms. The first kappa shape index (κ1) is 44.4. The summed E-state index contributed by atoms with van der Waals surface area (Å²) in [6.45, 7) is 11.5. The average molecular weight is 823 g/mol. The Kier molecular flexibility index (Phi) is 14.4. The highest BCUT2D eigenvalue weighted by molar-refractivity contribution is 5.96. The second-order valence-electron chi connectivity index (χ2n) is 16.9. The third-order valence-corrected chi connectivity index (χ3v) is 12.4. The van der Waals surface area contributed by atoms with Crippen molar-refractivity contribution in [1.29, 1.82) is 0 Å². The third kappa shape index (κ3) is 10.2. The van der Waals surface area contributed by atoms with Crippen molar-refractivity contribution in [1.82, 2.24) is 20.0 Å². The van der Waals surface area contributed by atoms with Crippen LogP contribution in [0.25, 0.3) is 0 Å². The SMILES string of the molecule is COCCNC(=O)c1cccc2c1CN(C(C)(CCc1ccc(O)c(OC)c1)COCCN(C)C(=O)c1cccc3c1CN(C(C)(C)CCc1ccc(O)c(OC)c1)C3)C2. The van der Waals surface area contributed by atoms with Crippen molar-refractivity contribution < 1.29 is 38.7 Å². The minimum absolute atomic E-state index is 0.0263. The fourth-order valence-corrected chi connectivity index (χ4v) is 8.33. The molecule has 2 amide bonds. The molecule has 2 aliphatic rings. The number of aryl methyl sites for hydroxylation is 2. The fourth-order valence-electron chi connectivity index (χ4n) is 8.33. The second kappa shape index (κ2) is 19.5. The van der Waals surface area contributed by atoms with Crippen molar-refractivity contribution in [2.45, 2.75) is 83.7 Å². The molecule has 4 aromatic carbocycles. The summed E-state index contributed by atoms with van der Waals surface area (Å²) in [5.41, 5.74) is 7.36. The monoisotopic (exact) mass is 822 g/mol. The van der Waals surface area contributed by atoms with E-state index in [-0.39, 0.29) is 28.9 Å². The maximum atomic E-state index is 14.0. The topological polar surface area (TPSA) is 133 Å². The van der Waals surface area contributed by atoms with Gasteiger partial charge in [0, 0.05) is 75.6 Å². The van der Waals surface area contributed by atoms with Gasteiger partial charge in [-0.05, 0) is 116 Å². The van der Waals surface area contributed by atoms with Gasteiger partial charge in [-0.2, -0.15) is 0 Å². The Morgan fingerprint density at radius 2 is 1.30 bits per heavy atom. The molecule has 0 aromatic heterocycles. The molecule has 0 saturated carbocycles. The van der Waals surface area contributed by atoms with Crippen molar-refractivity contribution in [3.63, 3.8) is 0 Å². The number of carbonyl (C=O) groups excluding carboxylic acids is 2. The molecule has 0 bridgehead atoms. The van der Waals surface area contributed by atoms with E-state index in [1.54, 1.807) is 38.4 Å². The number of phenolic OH excluding ortho intramolecular Hbond substituents is 2.